The summed E-state index contributed by atoms with van der Waals surface area (Å²) in [5, 5.41) is 0. The van der Waals surface area contributed by atoms with E-state index >= 15 is 0 Å². The van der Waals surface area contributed by atoms with Crippen molar-refractivity contribution >= 4 is 0 Å². The minimum Gasteiger partial charge on any atom is -0.228 e. The quantitative estimate of drug-likeness (QED) is 0.679. The SMILES string of the molecule is CC(c1ccccc1)c1cccnc1F. The Morgan fingerprint density at radius 2 is 1.80 bits per heavy atom. The molecule has 0 aliphatic heterocycles. The topological polar surface area (TPSA) is 12.9 Å². The Hall–Kier alpha value is -1.70. The molecule has 0 aliphatic rings. The number of pyridine rings is 1. The maximum atomic E-state index is 13.4. The Kier molecular flexibility index (Phi) is 2.77. The van der Waals surface area contributed by atoms with Crippen LogP contribution >= 0.6 is 0 Å². The zero-order valence-corrected chi connectivity index (χ0v) is 8.52. The maximum Gasteiger partial charge on any atom is 0.216 e. The van der Waals surface area contributed by atoms with Gasteiger partial charge in [0.15, 0.2) is 0 Å². The molecule has 1 unspecified atom stereocenters. The van der Waals surface area contributed by atoms with Crippen LogP contribution in [0.5, 0.6) is 0 Å². The van der Waals surface area contributed by atoms with E-state index in [0.717, 1.165) is 5.56 Å². The van der Waals surface area contributed by atoms with Gasteiger partial charge in [0.05, 0.1) is 0 Å². The van der Waals surface area contributed by atoms with Crippen molar-refractivity contribution in [3.63, 3.8) is 0 Å². The van der Waals surface area contributed by atoms with E-state index in [1.54, 1.807) is 12.1 Å². The molecule has 2 rings (SSSR count). The first kappa shape index (κ1) is 9.84. The van der Waals surface area contributed by atoms with Gasteiger partial charge in [-0.25, -0.2) is 4.98 Å². The van der Waals surface area contributed by atoms with Crippen molar-refractivity contribution in [3.8, 4) is 0 Å². The highest BCUT2D eigenvalue weighted by Crippen LogP contribution is 2.24. The Labute approximate surface area is 88.6 Å². The summed E-state index contributed by atoms with van der Waals surface area (Å²) in [6.07, 6.45) is 1.47. The summed E-state index contributed by atoms with van der Waals surface area (Å²) in [5.41, 5.74) is 1.74. The Balaban J connectivity index is 2.37. The number of rotatable bonds is 2. The van der Waals surface area contributed by atoms with Gasteiger partial charge in [0, 0.05) is 17.7 Å². The second kappa shape index (κ2) is 4.22. The minimum atomic E-state index is -0.381. The maximum absolute atomic E-state index is 13.4. The van der Waals surface area contributed by atoms with Crippen molar-refractivity contribution in [3.05, 3.63) is 65.7 Å². The Morgan fingerprint density at radius 1 is 1.07 bits per heavy atom. The van der Waals surface area contributed by atoms with E-state index in [1.807, 2.05) is 37.3 Å². The van der Waals surface area contributed by atoms with Gasteiger partial charge in [-0.05, 0) is 11.6 Å². The molecule has 1 aromatic heterocycles. The lowest BCUT2D eigenvalue weighted by molar-refractivity contribution is 0.560. The van der Waals surface area contributed by atoms with Gasteiger partial charge in [0.2, 0.25) is 5.95 Å². The zero-order valence-electron chi connectivity index (χ0n) is 8.52. The average Bonchev–Trinajstić information content (AvgIpc) is 2.30. The molecule has 1 aromatic carbocycles. The van der Waals surface area contributed by atoms with Crippen LogP contribution in [0.2, 0.25) is 0 Å². The van der Waals surface area contributed by atoms with Gasteiger partial charge in [-0.2, -0.15) is 4.39 Å². The van der Waals surface area contributed by atoms with Crippen molar-refractivity contribution in [2.24, 2.45) is 0 Å². The highest BCUT2D eigenvalue weighted by atomic mass is 19.1. The summed E-state index contributed by atoms with van der Waals surface area (Å²) in [4.78, 5) is 3.66. The third-order valence-electron chi connectivity index (χ3n) is 2.55. The molecule has 1 atom stereocenters. The van der Waals surface area contributed by atoms with Crippen molar-refractivity contribution < 1.29 is 4.39 Å². The molecule has 0 N–H and O–H groups in total. The highest BCUT2D eigenvalue weighted by Gasteiger charge is 2.12. The summed E-state index contributed by atoms with van der Waals surface area (Å²) < 4.78 is 13.4. The van der Waals surface area contributed by atoms with Crippen LogP contribution in [0.15, 0.2) is 48.7 Å². The summed E-state index contributed by atoms with van der Waals surface area (Å²) >= 11 is 0. The molecule has 0 spiro atoms. The van der Waals surface area contributed by atoms with Crippen molar-refractivity contribution in [2.45, 2.75) is 12.8 Å². The first-order valence-electron chi connectivity index (χ1n) is 4.94. The molecule has 1 heterocycles. The molecule has 0 bridgehead atoms. The molecule has 15 heavy (non-hydrogen) atoms. The Bertz CT molecular complexity index is 439. The van der Waals surface area contributed by atoms with Gasteiger partial charge < -0.3 is 0 Å². The molecule has 0 saturated heterocycles. The van der Waals surface area contributed by atoms with Gasteiger partial charge >= 0.3 is 0 Å². The monoisotopic (exact) mass is 201 g/mol. The van der Waals surface area contributed by atoms with Gasteiger partial charge in [0.25, 0.3) is 0 Å². The first-order chi connectivity index (χ1) is 7.29. The fourth-order valence-electron chi connectivity index (χ4n) is 1.64. The van der Waals surface area contributed by atoms with Crippen LogP contribution in [-0.4, -0.2) is 4.98 Å². The summed E-state index contributed by atoms with van der Waals surface area (Å²) in [7, 11) is 0. The van der Waals surface area contributed by atoms with Crippen LogP contribution in [0.3, 0.4) is 0 Å². The predicted molar refractivity (Wildman–Crippen MR) is 58.2 cm³/mol. The van der Waals surface area contributed by atoms with Crippen LogP contribution in [0.25, 0.3) is 0 Å². The van der Waals surface area contributed by atoms with Crippen molar-refractivity contribution in [1.82, 2.24) is 4.98 Å². The number of halogens is 1. The number of benzene rings is 1. The van der Waals surface area contributed by atoms with Crippen molar-refractivity contribution in [1.29, 1.82) is 0 Å². The molecule has 2 aromatic rings. The second-order valence-corrected chi connectivity index (χ2v) is 3.52. The third-order valence-corrected chi connectivity index (χ3v) is 2.55. The van der Waals surface area contributed by atoms with Gasteiger partial charge in [-0.15, -0.1) is 0 Å². The molecular weight excluding hydrogens is 189 g/mol. The predicted octanol–water partition coefficient (Wildman–Crippen LogP) is 3.37. The van der Waals surface area contributed by atoms with Crippen LogP contribution in [-0.2, 0) is 0 Å². The minimum absolute atomic E-state index is 0.0416. The normalized spacial score (nSPS) is 12.4. The van der Waals surface area contributed by atoms with E-state index < -0.39 is 0 Å². The van der Waals surface area contributed by atoms with Gasteiger partial charge in [0.1, 0.15) is 0 Å². The van der Waals surface area contributed by atoms with Crippen molar-refractivity contribution in [2.75, 3.05) is 0 Å². The van der Waals surface area contributed by atoms with E-state index in [1.165, 1.54) is 6.20 Å². The summed E-state index contributed by atoms with van der Waals surface area (Å²) in [6.45, 7) is 1.98. The number of aromatic nitrogens is 1. The van der Waals surface area contributed by atoms with E-state index in [0.29, 0.717) is 5.56 Å². The lowest BCUT2D eigenvalue weighted by Gasteiger charge is -2.12. The third kappa shape index (κ3) is 2.04. The van der Waals surface area contributed by atoms with Gasteiger partial charge in [-0.1, -0.05) is 43.3 Å². The molecule has 0 fully saturated rings. The fraction of sp³-hybridized carbons (Fsp3) is 0.154. The van der Waals surface area contributed by atoms with Crippen LogP contribution in [0.4, 0.5) is 4.39 Å². The molecular formula is C13H12FN. The molecule has 0 saturated carbocycles. The average molecular weight is 201 g/mol. The number of nitrogens with zero attached hydrogens (tertiary/aromatic N) is 1. The van der Waals surface area contributed by atoms with E-state index in [9.17, 15) is 4.39 Å². The molecule has 1 nitrogen and oxygen atoms in total. The fourth-order valence-corrected chi connectivity index (χ4v) is 1.64. The standard InChI is InChI=1S/C13H12FN/c1-10(11-6-3-2-4-7-11)12-8-5-9-15-13(12)14/h2-10H,1H3. The number of hydrogen-bond acceptors (Lipinski definition) is 1. The highest BCUT2D eigenvalue weighted by molar-refractivity contribution is 5.30. The summed E-state index contributed by atoms with van der Waals surface area (Å²) in [5.74, 6) is -0.339. The van der Waals surface area contributed by atoms with Crippen LogP contribution in [0.1, 0.15) is 24.0 Å². The van der Waals surface area contributed by atoms with Crippen LogP contribution < -0.4 is 0 Å². The van der Waals surface area contributed by atoms with E-state index in [2.05, 4.69) is 4.98 Å². The summed E-state index contributed by atoms with van der Waals surface area (Å²) in [6, 6.07) is 13.4. The van der Waals surface area contributed by atoms with Crippen LogP contribution in [0, 0.1) is 5.95 Å². The second-order valence-electron chi connectivity index (χ2n) is 3.52. The van der Waals surface area contributed by atoms with E-state index in [4.69, 9.17) is 0 Å². The largest absolute Gasteiger partial charge is 0.228 e. The van der Waals surface area contributed by atoms with Gasteiger partial charge in [-0.3, -0.25) is 0 Å². The zero-order chi connectivity index (χ0) is 10.7. The Morgan fingerprint density at radius 3 is 2.47 bits per heavy atom. The lowest BCUT2D eigenvalue weighted by atomic mass is 9.94. The smallest absolute Gasteiger partial charge is 0.216 e. The molecule has 76 valence electrons. The molecule has 2 heteroatoms. The van der Waals surface area contributed by atoms with E-state index in [-0.39, 0.29) is 11.9 Å². The lowest BCUT2D eigenvalue weighted by Crippen LogP contribution is -2.00. The molecule has 0 amide bonds. The first-order valence-corrected chi connectivity index (χ1v) is 4.94. The molecule has 0 radical (unpaired) electrons. The molecule has 0 aliphatic carbocycles. The number of hydrogen-bond donors (Lipinski definition) is 0.